The van der Waals surface area contributed by atoms with Crippen molar-refractivity contribution < 1.29 is 9.59 Å². The van der Waals surface area contributed by atoms with Crippen LogP contribution in [0, 0.1) is 0 Å². The molecule has 0 saturated carbocycles. The first kappa shape index (κ1) is 16.2. The van der Waals surface area contributed by atoms with Crippen LogP contribution in [0.3, 0.4) is 0 Å². The molecule has 6 nitrogen and oxygen atoms in total. The van der Waals surface area contributed by atoms with Gasteiger partial charge in [-0.1, -0.05) is 0 Å². The molecule has 1 atom stereocenters. The van der Waals surface area contributed by atoms with Crippen molar-refractivity contribution in [3.63, 3.8) is 0 Å². The molecule has 0 radical (unpaired) electrons. The lowest BCUT2D eigenvalue weighted by atomic mass is 9.98. The lowest BCUT2D eigenvalue weighted by Gasteiger charge is -2.36. The van der Waals surface area contributed by atoms with Crippen molar-refractivity contribution in [3.05, 3.63) is 0 Å². The normalized spacial score (nSPS) is 25.0. The third-order valence-corrected chi connectivity index (χ3v) is 4.45. The predicted molar refractivity (Wildman–Crippen MR) is 81.7 cm³/mol. The maximum absolute atomic E-state index is 12.6. The third-order valence-electron chi connectivity index (χ3n) is 4.45. The highest BCUT2D eigenvalue weighted by molar-refractivity contribution is 5.84. The molecule has 1 unspecified atom stereocenters. The highest BCUT2D eigenvalue weighted by Gasteiger charge is 2.37. The van der Waals surface area contributed by atoms with Crippen LogP contribution in [0.15, 0.2) is 0 Å². The lowest BCUT2D eigenvalue weighted by Crippen LogP contribution is -2.55. The first-order valence-corrected chi connectivity index (χ1v) is 7.96. The van der Waals surface area contributed by atoms with Gasteiger partial charge in [-0.3, -0.25) is 14.5 Å². The molecule has 21 heavy (non-hydrogen) atoms. The van der Waals surface area contributed by atoms with Gasteiger partial charge in [0.05, 0.1) is 6.04 Å². The number of hydrogen-bond donors (Lipinski definition) is 3. The summed E-state index contributed by atoms with van der Waals surface area (Å²) in [6, 6.07) is 0.448. The van der Waals surface area contributed by atoms with Gasteiger partial charge in [-0.05, 0) is 59.2 Å². The first-order valence-electron chi connectivity index (χ1n) is 7.96. The second-order valence-electron chi connectivity index (χ2n) is 6.89. The summed E-state index contributed by atoms with van der Waals surface area (Å²) in [6.45, 7) is 6.75. The monoisotopic (exact) mass is 296 g/mol. The fraction of sp³-hybridized carbons (Fsp3) is 0.867. The molecule has 2 aliphatic heterocycles. The number of carbonyl (C=O) groups excluding carboxylic acids is 2. The number of likely N-dealkylation sites (tertiary alicyclic amines) is 1. The number of nitrogens with two attached hydrogens (primary N) is 1. The molecule has 2 heterocycles. The van der Waals surface area contributed by atoms with Gasteiger partial charge in [0.25, 0.3) is 0 Å². The molecular weight excluding hydrogens is 268 g/mol. The summed E-state index contributed by atoms with van der Waals surface area (Å²) in [7, 11) is 0. The maximum atomic E-state index is 12.6. The Morgan fingerprint density at radius 2 is 1.95 bits per heavy atom. The highest BCUT2D eigenvalue weighted by atomic mass is 16.2. The van der Waals surface area contributed by atoms with Crippen LogP contribution in [0.5, 0.6) is 0 Å². The van der Waals surface area contributed by atoms with Crippen molar-refractivity contribution in [1.82, 2.24) is 15.5 Å². The summed E-state index contributed by atoms with van der Waals surface area (Å²) in [6.07, 6.45) is 4.35. The van der Waals surface area contributed by atoms with Crippen molar-refractivity contribution in [2.75, 3.05) is 19.6 Å². The predicted octanol–water partition coefficient (Wildman–Crippen LogP) is -0.0270. The molecule has 2 fully saturated rings. The molecule has 0 aromatic rings. The van der Waals surface area contributed by atoms with E-state index in [9.17, 15) is 9.59 Å². The van der Waals surface area contributed by atoms with E-state index in [2.05, 4.69) is 15.5 Å². The van der Waals surface area contributed by atoms with Crippen LogP contribution >= 0.6 is 0 Å². The summed E-state index contributed by atoms with van der Waals surface area (Å²) in [5.41, 5.74) is 4.67. The van der Waals surface area contributed by atoms with Gasteiger partial charge in [0.15, 0.2) is 0 Å². The molecule has 6 heteroatoms. The Morgan fingerprint density at radius 1 is 1.29 bits per heavy atom. The van der Waals surface area contributed by atoms with E-state index in [-0.39, 0.29) is 24.3 Å². The van der Waals surface area contributed by atoms with E-state index in [0.717, 1.165) is 45.3 Å². The Bertz CT molecular complexity index is 391. The molecule has 2 saturated heterocycles. The smallest absolute Gasteiger partial charge is 0.237 e. The van der Waals surface area contributed by atoms with Crippen LogP contribution in [0.25, 0.3) is 0 Å². The van der Waals surface area contributed by atoms with Crippen molar-refractivity contribution in [2.45, 2.75) is 63.6 Å². The van der Waals surface area contributed by atoms with E-state index in [4.69, 9.17) is 5.73 Å². The van der Waals surface area contributed by atoms with Crippen LogP contribution in [-0.2, 0) is 9.59 Å². The number of carbonyl (C=O) groups is 2. The van der Waals surface area contributed by atoms with E-state index in [1.54, 1.807) is 0 Å². The van der Waals surface area contributed by atoms with E-state index >= 15 is 0 Å². The Balaban J connectivity index is 1.95. The second kappa shape index (κ2) is 6.75. The number of nitrogens with zero attached hydrogens (tertiary/aromatic N) is 1. The van der Waals surface area contributed by atoms with Gasteiger partial charge >= 0.3 is 0 Å². The third kappa shape index (κ3) is 4.41. The maximum Gasteiger partial charge on any atom is 0.237 e. The van der Waals surface area contributed by atoms with E-state index in [0.29, 0.717) is 6.04 Å². The first-order chi connectivity index (χ1) is 9.89. The summed E-state index contributed by atoms with van der Waals surface area (Å²) < 4.78 is 0. The molecular formula is C15H28N4O2. The Morgan fingerprint density at radius 3 is 2.57 bits per heavy atom. The molecule has 120 valence electrons. The van der Waals surface area contributed by atoms with Gasteiger partial charge in [0.2, 0.25) is 11.8 Å². The lowest BCUT2D eigenvalue weighted by molar-refractivity contribution is -0.128. The van der Waals surface area contributed by atoms with E-state index in [1.165, 1.54) is 0 Å². The Labute approximate surface area is 126 Å². The fourth-order valence-electron chi connectivity index (χ4n) is 3.54. The average molecular weight is 296 g/mol. The minimum absolute atomic E-state index is 0.0392. The van der Waals surface area contributed by atoms with Crippen LogP contribution in [0.4, 0.5) is 0 Å². The number of piperidine rings is 1. The van der Waals surface area contributed by atoms with Crippen molar-refractivity contribution >= 4 is 11.8 Å². The van der Waals surface area contributed by atoms with Gasteiger partial charge < -0.3 is 16.4 Å². The average Bonchev–Trinajstić information content (AvgIpc) is 2.86. The van der Waals surface area contributed by atoms with Crippen molar-refractivity contribution in [1.29, 1.82) is 0 Å². The summed E-state index contributed by atoms with van der Waals surface area (Å²) in [4.78, 5) is 26.0. The quantitative estimate of drug-likeness (QED) is 0.665. The van der Waals surface area contributed by atoms with Gasteiger partial charge in [-0.2, -0.15) is 0 Å². The molecule has 0 spiro atoms. The second-order valence-corrected chi connectivity index (χ2v) is 6.89. The number of amides is 2. The zero-order valence-electron chi connectivity index (χ0n) is 13.2. The van der Waals surface area contributed by atoms with Crippen LogP contribution in [-0.4, -0.2) is 54.0 Å². The fourth-order valence-corrected chi connectivity index (χ4v) is 3.54. The number of nitrogens with one attached hydrogen (secondary N) is 2. The SMILES string of the molecule is CC(C)(CC(N)=O)NC(=O)C1CCCN1C1CCNCC1. The summed E-state index contributed by atoms with van der Waals surface area (Å²) in [5, 5.41) is 6.37. The summed E-state index contributed by atoms with van der Waals surface area (Å²) >= 11 is 0. The minimum Gasteiger partial charge on any atom is -0.370 e. The largest absolute Gasteiger partial charge is 0.370 e. The minimum atomic E-state index is -0.578. The standard InChI is InChI=1S/C15H28N4O2/c1-15(2,10-13(16)20)18-14(21)12-4-3-9-19(12)11-5-7-17-8-6-11/h11-12,17H,3-10H2,1-2H3,(H2,16,20)(H,18,21). The number of primary amides is 1. The van der Waals surface area contributed by atoms with Crippen LogP contribution in [0.2, 0.25) is 0 Å². The van der Waals surface area contributed by atoms with Gasteiger partial charge in [0.1, 0.15) is 0 Å². The van der Waals surface area contributed by atoms with E-state index in [1.807, 2.05) is 13.8 Å². The van der Waals surface area contributed by atoms with Gasteiger partial charge in [0, 0.05) is 18.0 Å². The number of hydrogen-bond acceptors (Lipinski definition) is 4. The Kier molecular flexibility index (Phi) is 5.22. The van der Waals surface area contributed by atoms with Crippen LogP contribution < -0.4 is 16.4 Å². The number of rotatable bonds is 5. The molecule has 0 aromatic heterocycles. The Hall–Kier alpha value is -1.14. The molecule has 0 aliphatic carbocycles. The van der Waals surface area contributed by atoms with E-state index < -0.39 is 5.54 Å². The van der Waals surface area contributed by atoms with Crippen LogP contribution in [0.1, 0.15) is 46.0 Å². The molecule has 0 aromatic carbocycles. The molecule has 4 N–H and O–H groups in total. The molecule has 2 aliphatic rings. The topological polar surface area (TPSA) is 87.5 Å². The van der Waals surface area contributed by atoms with Crippen molar-refractivity contribution in [3.8, 4) is 0 Å². The van der Waals surface area contributed by atoms with Gasteiger partial charge in [-0.15, -0.1) is 0 Å². The highest BCUT2D eigenvalue weighted by Crippen LogP contribution is 2.25. The zero-order valence-corrected chi connectivity index (χ0v) is 13.2. The summed E-state index contributed by atoms with van der Waals surface area (Å²) in [5.74, 6) is -0.348. The zero-order chi connectivity index (χ0) is 15.5. The molecule has 2 rings (SSSR count). The molecule has 0 bridgehead atoms. The molecule has 2 amide bonds. The van der Waals surface area contributed by atoms with Crippen molar-refractivity contribution in [2.24, 2.45) is 5.73 Å². The van der Waals surface area contributed by atoms with Gasteiger partial charge in [-0.25, -0.2) is 0 Å².